The van der Waals surface area contributed by atoms with Crippen molar-refractivity contribution in [2.75, 3.05) is 7.11 Å². The normalized spacial score (nSPS) is 27.4. The number of carbonyl (C=O) groups is 2. The van der Waals surface area contributed by atoms with E-state index in [1.165, 1.54) is 26.4 Å². The zero-order valence-corrected chi connectivity index (χ0v) is 13.5. The van der Waals surface area contributed by atoms with Crippen molar-refractivity contribution < 1.29 is 14.3 Å². The van der Waals surface area contributed by atoms with Crippen LogP contribution in [0.5, 0.6) is 0 Å². The molecule has 5 heteroatoms. The maximum atomic E-state index is 12.2. The van der Waals surface area contributed by atoms with Gasteiger partial charge in [-0.25, -0.2) is 0 Å². The number of likely N-dealkylation sites (tertiary alicyclic amines) is 1. The van der Waals surface area contributed by atoms with Crippen molar-refractivity contribution in [2.45, 2.75) is 50.7 Å². The van der Waals surface area contributed by atoms with Crippen LogP contribution in [0.15, 0.2) is 24.3 Å². The highest BCUT2D eigenvalue weighted by Gasteiger charge is 2.45. The fourth-order valence-electron chi connectivity index (χ4n) is 4.13. The van der Waals surface area contributed by atoms with Crippen molar-refractivity contribution in [3.8, 4) is 0 Å². The summed E-state index contributed by atoms with van der Waals surface area (Å²) in [6.45, 7) is 0.708. The van der Waals surface area contributed by atoms with E-state index in [4.69, 9.17) is 10.5 Å². The molecule has 2 aliphatic rings. The van der Waals surface area contributed by atoms with Gasteiger partial charge in [0.15, 0.2) is 0 Å². The van der Waals surface area contributed by atoms with Gasteiger partial charge < -0.3 is 10.5 Å². The predicted molar refractivity (Wildman–Crippen MR) is 86.7 cm³/mol. The monoisotopic (exact) mass is 316 g/mol. The molecule has 1 aromatic rings. The van der Waals surface area contributed by atoms with Gasteiger partial charge >= 0.3 is 5.97 Å². The molecule has 3 atom stereocenters. The van der Waals surface area contributed by atoms with Gasteiger partial charge in [0.25, 0.3) is 0 Å². The van der Waals surface area contributed by atoms with Gasteiger partial charge in [0.05, 0.1) is 7.11 Å². The molecule has 1 saturated carbocycles. The Morgan fingerprint density at radius 2 is 1.91 bits per heavy atom. The number of rotatable bonds is 4. The third-order valence-electron chi connectivity index (χ3n) is 5.30. The molecule has 5 nitrogen and oxygen atoms in total. The number of methoxy groups -OCH3 is 1. The van der Waals surface area contributed by atoms with E-state index < -0.39 is 5.91 Å². The van der Waals surface area contributed by atoms with Crippen LogP contribution in [0.4, 0.5) is 0 Å². The number of esters is 1. The number of nitrogens with zero attached hydrogens (tertiary/aromatic N) is 1. The lowest BCUT2D eigenvalue weighted by Gasteiger charge is -2.33. The van der Waals surface area contributed by atoms with Crippen molar-refractivity contribution in [3.05, 3.63) is 35.4 Å². The Bertz CT molecular complexity index is 584. The van der Waals surface area contributed by atoms with Crippen molar-refractivity contribution in [2.24, 2.45) is 11.7 Å². The molecule has 23 heavy (non-hydrogen) atoms. The highest BCUT2D eigenvalue weighted by Crippen LogP contribution is 2.40. The largest absolute Gasteiger partial charge is 0.468 e. The van der Waals surface area contributed by atoms with Crippen molar-refractivity contribution in [1.29, 1.82) is 0 Å². The van der Waals surface area contributed by atoms with E-state index in [2.05, 4.69) is 4.90 Å². The lowest BCUT2D eigenvalue weighted by atomic mass is 9.84. The molecule has 0 radical (unpaired) electrons. The summed E-state index contributed by atoms with van der Waals surface area (Å²) >= 11 is 0. The van der Waals surface area contributed by atoms with E-state index in [9.17, 15) is 9.59 Å². The molecule has 124 valence electrons. The summed E-state index contributed by atoms with van der Waals surface area (Å²) in [5, 5.41) is 0. The van der Waals surface area contributed by atoms with Gasteiger partial charge in [-0.15, -0.1) is 0 Å². The van der Waals surface area contributed by atoms with Crippen molar-refractivity contribution in [1.82, 2.24) is 4.90 Å². The van der Waals surface area contributed by atoms with Crippen LogP contribution in [-0.4, -0.2) is 36.0 Å². The molecule has 1 aliphatic heterocycles. The van der Waals surface area contributed by atoms with Gasteiger partial charge in [0.1, 0.15) is 6.04 Å². The smallest absolute Gasteiger partial charge is 0.323 e. The SMILES string of the molecule is COC(=O)[C@@H]1C[C@H]2CCCC[C@H]2N1Cc1ccc(C(N)=O)cc1. The summed E-state index contributed by atoms with van der Waals surface area (Å²) in [5.41, 5.74) is 6.89. The van der Waals surface area contributed by atoms with Crippen LogP contribution in [0.1, 0.15) is 48.0 Å². The minimum atomic E-state index is -0.419. The molecule has 2 fully saturated rings. The van der Waals surface area contributed by atoms with Gasteiger partial charge in [0.2, 0.25) is 5.91 Å². The third kappa shape index (κ3) is 3.24. The number of nitrogens with two attached hydrogens (primary N) is 1. The molecular weight excluding hydrogens is 292 g/mol. The average molecular weight is 316 g/mol. The summed E-state index contributed by atoms with van der Waals surface area (Å²) in [5.74, 6) is 0.0448. The zero-order chi connectivity index (χ0) is 16.4. The minimum Gasteiger partial charge on any atom is -0.468 e. The first kappa shape index (κ1) is 16.0. The number of carbonyl (C=O) groups excluding carboxylic acids is 2. The molecule has 1 aromatic carbocycles. The first-order chi connectivity index (χ1) is 11.1. The van der Waals surface area contributed by atoms with Gasteiger partial charge in [-0.3, -0.25) is 14.5 Å². The van der Waals surface area contributed by atoms with Crippen LogP contribution in [0.2, 0.25) is 0 Å². The van der Waals surface area contributed by atoms with Crippen LogP contribution in [0, 0.1) is 5.92 Å². The Morgan fingerprint density at radius 3 is 2.57 bits per heavy atom. The van der Waals surface area contributed by atoms with Gasteiger partial charge in [-0.1, -0.05) is 25.0 Å². The molecule has 1 saturated heterocycles. The number of hydrogen-bond acceptors (Lipinski definition) is 4. The first-order valence-electron chi connectivity index (χ1n) is 8.32. The van der Waals surface area contributed by atoms with Crippen LogP contribution in [-0.2, 0) is 16.1 Å². The van der Waals surface area contributed by atoms with Crippen LogP contribution >= 0.6 is 0 Å². The molecular formula is C18H24N2O3. The van der Waals surface area contributed by atoms with E-state index in [1.54, 1.807) is 12.1 Å². The number of ether oxygens (including phenoxy) is 1. The fraction of sp³-hybridized carbons (Fsp3) is 0.556. The summed E-state index contributed by atoms with van der Waals surface area (Å²) in [6.07, 6.45) is 5.74. The van der Waals surface area contributed by atoms with Gasteiger partial charge in [0, 0.05) is 18.2 Å². The predicted octanol–water partition coefficient (Wildman–Crippen LogP) is 2.09. The van der Waals surface area contributed by atoms with Crippen LogP contribution in [0.25, 0.3) is 0 Å². The number of hydrogen-bond donors (Lipinski definition) is 1. The Balaban J connectivity index is 1.79. The second-order valence-corrected chi connectivity index (χ2v) is 6.62. The van der Waals surface area contributed by atoms with Gasteiger partial charge in [-0.05, 0) is 42.9 Å². The van der Waals surface area contributed by atoms with Gasteiger partial charge in [-0.2, -0.15) is 0 Å². The number of fused-ring (bicyclic) bond motifs is 1. The second-order valence-electron chi connectivity index (χ2n) is 6.62. The maximum absolute atomic E-state index is 12.2. The van der Waals surface area contributed by atoms with E-state index in [-0.39, 0.29) is 12.0 Å². The Labute approximate surface area is 136 Å². The molecule has 0 aromatic heterocycles. The molecule has 0 unspecified atom stereocenters. The van der Waals surface area contributed by atoms with E-state index in [0.717, 1.165) is 18.4 Å². The molecule has 1 heterocycles. The van der Waals surface area contributed by atoms with E-state index in [0.29, 0.717) is 24.1 Å². The third-order valence-corrected chi connectivity index (χ3v) is 5.30. The number of benzene rings is 1. The highest BCUT2D eigenvalue weighted by molar-refractivity contribution is 5.92. The number of primary amides is 1. The standard InChI is InChI=1S/C18H24N2O3/c1-23-18(22)16-10-14-4-2-3-5-15(14)20(16)11-12-6-8-13(9-7-12)17(19)21/h6-9,14-16H,2-5,10-11H2,1H3,(H2,19,21)/t14-,15-,16+/m1/s1. The van der Waals surface area contributed by atoms with Crippen LogP contribution < -0.4 is 5.73 Å². The van der Waals surface area contributed by atoms with Crippen molar-refractivity contribution >= 4 is 11.9 Å². The van der Waals surface area contributed by atoms with Crippen LogP contribution in [0.3, 0.4) is 0 Å². The zero-order valence-electron chi connectivity index (χ0n) is 13.5. The average Bonchev–Trinajstić information content (AvgIpc) is 2.93. The molecule has 1 aliphatic carbocycles. The summed E-state index contributed by atoms with van der Waals surface area (Å²) in [6, 6.07) is 7.65. The second kappa shape index (κ2) is 6.71. The van der Waals surface area contributed by atoms with E-state index in [1.807, 2.05) is 12.1 Å². The van der Waals surface area contributed by atoms with E-state index >= 15 is 0 Å². The molecule has 0 bridgehead atoms. The minimum absolute atomic E-state index is 0.131. The Kier molecular flexibility index (Phi) is 4.66. The topological polar surface area (TPSA) is 72.6 Å². The summed E-state index contributed by atoms with van der Waals surface area (Å²) in [4.78, 5) is 25.7. The number of amides is 1. The first-order valence-corrected chi connectivity index (χ1v) is 8.32. The molecule has 3 rings (SSSR count). The molecule has 1 amide bonds. The maximum Gasteiger partial charge on any atom is 0.323 e. The Morgan fingerprint density at radius 1 is 1.22 bits per heavy atom. The summed E-state index contributed by atoms with van der Waals surface area (Å²) in [7, 11) is 1.46. The highest BCUT2D eigenvalue weighted by atomic mass is 16.5. The lowest BCUT2D eigenvalue weighted by molar-refractivity contribution is -0.146. The van der Waals surface area contributed by atoms with Crippen molar-refractivity contribution in [3.63, 3.8) is 0 Å². The lowest BCUT2D eigenvalue weighted by Crippen LogP contribution is -2.42. The summed E-state index contributed by atoms with van der Waals surface area (Å²) < 4.78 is 5.02. The molecule has 2 N–H and O–H groups in total. The fourth-order valence-corrected chi connectivity index (χ4v) is 4.13. The Hall–Kier alpha value is -1.88. The quantitative estimate of drug-likeness (QED) is 0.863. The molecule has 0 spiro atoms.